The molecule has 0 aliphatic carbocycles. The zero-order chi connectivity index (χ0) is 20.7. The predicted molar refractivity (Wildman–Crippen MR) is 110 cm³/mol. The molecule has 154 valence electrons. The van der Waals surface area contributed by atoms with Gasteiger partial charge in [-0.25, -0.2) is 4.98 Å². The number of imidazole rings is 1. The molecule has 29 heavy (non-hydrogen) atoms. The number of nitrogens with one attached hydrogen (secondary N) is 1. The highest BCUT2D eigenvalue weighted by Crippen LogP contribution is 2.46. The first kappa shape index (κ1) is 19.6. The van der Waals surface area contributed by atoms with Crippen LogP contribution in [-0.2, 0) is 4.79 Å². The summed E-state index contributed by atoms with van der Waals surface area (Å²) in [6, 6.07) is 8.30. The smallest absolute Gasteiger partial charge is 0.271 e. The highest BCUT2D eigenvalue weighted by Gasteiger charge is 2.50. The molecule has 2 aliphatic heterocycles. The third kappa shape index (κ3) is 3.67. The first-order chi connectivity index (χ1) is 13.8. The molecule has 0 saturated carbocycles. The number of aromatic nitrogens is 2. The van der Waals surface area contributed by atoms with E-state index in [1.54, 1.807) is 6.20 Å². The van der Waals surface area contributed by atoms with Crippen molar-refractivity contribution < 1.29 is 9.59 Å². The van der Waals surface area contributed by atoms with Gasteiger partial charge in [-0.1, -0.05) is 24.3 Å². The summed E-state index contributed by atoms with van der Waals surface area (Å²) in [5, 5.41) is 0. The zero-order valence-corrected chi connectivity index (χ0v) is 17.6. The molecule has 2 amide bonds. The Morgan fingerprint density at radius 3 is 2.59 bits per heavy atom. The third-order valence-electron chi connectivity index (χ3n) is 6.16. The zero-order valence-electron chi connectivity index (χ0n) is 17.6. The molecule has 4 rings (SSSR count). The van der Waals surface area contributed by atoms with Crippen LogP contribution < -0.4 is 0 Å². The van der Waals surface area contributed by atoms with Crippen molar-refractivity contribution in [1.82, 2.24) is 24.7 Å². The molecule has 1 aromatic heterocycles. The summed E-state index contributed by atoms with van der Waals surface area (Å²) >= 11 is 0. The summed E-state index contributed by atoms with van der Waals surface area (Å²) in [5.74, 6) is 1.43. The number of carbonyl (C=O) groups excluding carboxylic acids is 2. The number of carbonyl (C=O) groups is 2. The van der Waals surface area contributed by atoms with E-state index in [1.807, 2.05) is 47.9 Å². The van der Waals surface area contributed by atoms with Gasteiger partial charge in [-0.3, -0.25) is 9.59 Å². The van der Waals surface area contributed by atoms with E-state index in [2.05, 4.69) is 29.0 Å². The molecule has 7 heteroatoms. The topological polar surface area (TPSA) is 72.5 Å². The lowest BCUT2D eigenvalue weighted by Crippen LogP contribution is -2.41. The Hall–Kier alpha value is -2.67. The minimum absolute atomic E-state index is 0.00491. The van der Waals surface area contributed by atoms with Crippen LogP contribution in [0.15, 0.2) is 30.5 Å². The predicted octanol–water partition coefficient (Wildman–Crippen LogP) is 1.86. The van der Waals surface area contributed by atoms with Gasteiger partial charge in [0.1, 0.15) is 11.5 Å². The average Bonchev–Trinajstić information content (AvgIpc) is 3.35. The highest BCUT2D eigenvalue weighted by atomic mass is 16.2. The maximum absolute atomic E-state index is 13.0. The SMILES string of the molecule is Cc1ncc(C(=O)N2C[C@@H]3CN(C(=O)CN(C)C)[C@@H](c4ccccc4C)[C@@H]3C2)[nH]1. The van der Waals surface area contributed by atoms with Crippen molar-refractivity contribution >= 4 is 11.8 Å². The van der Waals surface area contributed by atoms with Crippen molar-refractivity contribution in [2.75, 3.05) is 40.3 Å². The number of fused-ring (bicyclic) bond motifs is 1. The fraction of sp³-hybridized carbons (Fsp3) is 0.500. The van der Waals surface area contributed by atoms with Crippen molar-refractivity contribution in [3.05, 3.63) is 53.1 Å². The molecule has 1 N–H and O–H groups in total. The minimum atomic E-state index is -0.00491. The van der Waals surface area contributed by atoms with Gasteiger partial charge in [-0.2, -0.15) is 0 Å². The summed E-state index contributed by atoms with van der Waals surface area (Å²) in [4.78, 5) is 39.0. The van der Waals surface area contributed by atoms with Gasteiger partial charge >= 0.3 is 0 Å². The van der Waals surface area contributed by atoms with Gasteiger partial charge in [-0.05, 0) is 39.1 Å². The average molecular weight is 396 g/mol. The lowest BCUT2D eigenvalue weighted by Gasteiger charge is -2.31. The van der Waals surface area contributed by atoms with Crippen LogP contribution in [0.25, 0.3) is 0 Å². The summed E-state index contributed by atoms with van der Waals surface area (Å²) in [7, 11) is 3.84. The number of nitrogens with zero attached hydrogens (tertiary/aromatic N) is 4. The minimum Gasteiger partial charge on any atom is -0.338 e. The van der Waals surface area contributed by atoms with Crippen LogP contribution in [-0.4, -0.2) is 76.8 Å². The molecule has 7 nitrogen and oxygen atoms in total. The van der Waals surface area contributed by atoms with Gasteiger partial charge in [0.15, 0.2) is 0 Å². The van der Waals surface area contributed by atoms with E-state index < -0.39 is 0 Å². The van der Waals surface area contributed by atoms with Crippen LogP contribution in [0.2, 0.25) is 0 Å². The number of likely N-dealkylation sites (N-methyl/N-ethyl adjacent to an activating group) is 1. The Kier molecular flexibility index (Phi) is 5.17. The van der Waals surface area contributed by atoms with Crippen LogP contribution in [0.3, 0.4) is 0 Å². The van der Waals surface area contributed by atoms with Gasteiger partial charge < -0.3 is 19.7 Å². The molecular formula is C22H29N5O2. The fourth-order valence-electron chi connectivity index (χ4n) is 4.85. The molecule has 2 aliphatic rings. The van der Waals surface area contributed by atoms with Crippen molar-refractivity contribution in [2.45, 2.75) is 19.9 Å². The Morgan fingerprint density at radius 1 is 1.17 bits per heavy atom. The van der Waals surface area contributed by atoms with Crippen molar-refractivity contribution in [2.24, 2.45) is 11.8 Å². The van der Waals surface area contributed by atoms with Crippen molar-refractivity contribution in [1.29, 1.82) is 0 Å². The molecule has 2 aromatic rings. The molecule has 2 saturated heterocycles. The van der Waals surface area contributed by atoms with Crippen LogP contribution in [0.4, 0.5) is 0 Å². The number of hydrogen-bond donors (Lipinski definition) is 1. The van der Waals surface area contributed by atoms with E-state index in [0.29, 0.717) is 37.8 Å². The van der Waals surface area contributed by atoms with Gasteiger partial charge in [0.05, 0.1) is 18.8 Å². The molecule has 0 bridgehead atoms. The Balaban J connectivity index is 1.61. The van der Waals surface area contributed by atoms with Crippen LogP contribution in [0.5, 0.6) is 0 Å². The van der Waals surface area contributed by atoms with E-state index >= 15 is 0 Å². The monoisotopic (exact) mass is 395 g/mol. The van der Waals surface area contributed by atoms with Crippen molar-refractivity contribution in [3.8, 4) is 0 Å². The summed E-state index contributed by atoms with van der Waals surface area (Å²) in [6.45, 7) is 6.38. The van der Waals surface area contributed by atoms with Crippen LogP contribution in [0.1, 0.15) is 33.5 Å². The second kappa shape index (κ2) is 7.63. The molecule has 3 heterocycles. The van der Waals surface area contributed by atoms with Gasteiger partial charge in [0, 0.05) is 31.5 Å². The number of amides is 2. The number of benzene rings is 1. The first-order valence-corrected chi connectivity index (χ1v) is 10.2. The van der Waals surface area contributed by atoms with E-state index in [9.17, 15) is 9.59 Å². The molecular weight excluding hydrogens is 366 g/mol. The Bertz CT molecular complexity index is 921. The Labute approximate surface area is 171 Å². The normalized spacial score (nSPS) is 23.7. The summed E-state index contributed by atoms with van der Waals surface area (Å²) < 4.78 is 0. The molecule has 1 aromatic carbocycles. The number of rotatable bonds is 4. The maximum atomic E-state index is 13.0. The Morgan fingerprint density at radius 2 is 1.93 bits per heavy atom. The first-order valence-electron chi connectivity index (χ1n) is 10.2. The molecule has 3 atom stereocenters. The van der Waals surface area contributed by atoms with Crippen LogP contribution in [0, 0.1) is 25.7 Å². The molecule has 0 radical (unpaired) electrons. The number of likely N-dealkylation sites (tertiary alicyclic amines) is 2. The van der Waals surface area contributed by atoms with E-state index in [1.165, 1.54) is 11.1 Å². The summed E-state index contributed by atoms with van der Waals surface area (Å²) in [6.07, 6.45) is 1.61. The number of hydrogen-bond acceptors (Lipinski definition) is 4. The molecule has 0 unspecified atom stereocenters. The van der Waals surface area contributed by atoms with Gasteiger partial charge in [0.2, 0.25) is 5.91 Å². The lowest BCUT2D eigenvalue weighted by molar-refractivity contribution is -0.133. The van der Waals surface area contributed by atoms with Gasteiger partial charge in [0.25, 0.3) is 5.91 Å². The molecule has 0 spiro atoms. The lowest BCUT2D eigenvalue weighted by atomic mass is 9.87. The van der Waals surface area contributed by atoms with E-state index in [4.69, 9.17) is 0 Å². The summed E-state index contributed by atoms with van der Waals surface area (Å²) in [5.41, 5.74) is 2.92. The van der Waals surface area contributed by atoms with E-state index in [0.717, 1.165) is 5.82 Å². The number of aromatic amines is 1. The second-order valence-corrected chi connectivity index (χ2v) is 8.60. The van der Waals surface area contributed by atoms with Crippen molar-refractivity contribution in [3.63, 3.8) is 0 Å². The second-order valence-electron chi connectivity index (χ2n) is 8.60. The maximum Gasteiger partial charge on any atom is 0.271 e. The quantitative estimate of drug-likeness (QED) is 0.858. The standard InChI is InChI=1S/C22H29N5O2/c1-14-7-5-6-8-17(14)21-18-12-26(22(29)19-9-23-15(2)24-19)10-16(18)11-27(21)20(28)13-25(3)4/h5-9,16,18,21H,10-13H2,1-4H3,(H,23,24)/t16-,18-,21+/m1/s1. The third-order valence-corrected chi connectivity index (χ3v) is 6.16. The number of aryl methyl sites for hydroxylation is 2. The fourth-order valence-corrected chi connectivity index (χ4v) is 4.85. The largest absolute Gasteiger partial charge is 0.338 e. The van der Waals surface area contributed by atoms with Gasteiger partial charge in [-0.15, -0.1) is 0 Å². The number of H-pyrrole nitrogens is 1. The van der Waals surface area contributed by atoms with Crippen LogP contribution >= 0.6 is 0 Å². The highest BCUT2D eigenvalue weighted by molar-refractivity contribution is 5.92. The molecule has 2 fully saturated rings. The van der Waals surface area contributed by atoms with E-state index in [-0.39, 0.29) is 23.8 Å².